The van der Waals surface area contributed by atoms with Crippen molar-refractivity contribution in [3.63, 3.8) is 0 Å². The molecule has 5 nitrogen and oxygen atoms in total. The van der Waals surface area contributed by atoms with Gasteiger partial charge in [-0.05, 0) is 6.42 Å². The van der Waals surface area contributed by atoms with E-state index in [1.165, 1.54) is 11.3 Å². The molecule has 1 aliphatic rings. The van der Waals surface area contributed by atoms with Crippen LogP contribution in [-0.2, 0) is 24.7 Å². The minimum Gasteiger partial charge on any atom is -0.480 e. The van der Waals surface area contributed by atoms with Crippen molar-refractivity contribution >= 4 is 5.97 Å². The van der Waals surface area contributed by atoms with Gasteiger partial charge in [0.25, 0.3) is 0 Å². The van der Waals surface area contributed by atoms with Crippen LogP contribution >= 0.6 is 0 Å². The summed E-state index contributed by atoms with van der Waals surface area (Å²) in [5, 5.41) is 13.6. The van der Waals surface area contributed by atoms with Crippen LogP contribution in [0.1, 0.15) is 11.3 Å². The number of hydrogen-bond acceptors (Lipinski definition) is 3. The Hall–Kier alpha value is -2.14. The lowest BCUT2D eigenvalue weighted by atomic mass is 10.0. The summed E-state index contributed by atoms with van der Waals surface area (Å²) in [6.07, 6.45) is 1.69. The third-order valence-electron chi connectivity index (χ3n) is 4.02. The molecular formula is C16H19N3O2. The molecule has 1 aromatic heterocycles. The fraction of sp³-hybridized carbons (Fsp3) is 0.375. The molecule has 5 heteroatoms. The van der Waals surface area contributed by atoms with E-state index in [2.05, 4.69) is 17.2 Å². The van der Waals surface area contributed by atoms with E-state index in [0.717, 1.165) is 37.2 Å². The Bertz CT molecular complexity index is 649. The highest BCUT2D eigenvalue weighted by Gasteiger charge is 2.22. The maximum Gasteiger partial charge on any atom is 0.317 e. The van der Waals surface area contributed by atoms with Crippen molar-refractivity contribution in [3.8, 4) is 11.3 Å². The number of aryl methyl sites for hydroxylation is 1. The lowest BCUT2D eigenvalue weighted by molar-refractivity contribution is -0.138. The standard InChI is InChI=1S/C16H19N3O2/c1-18-14-8-10-19(11-15(20)21)9-7-13(14)16(17-18)12-5-3-2-4-6-12/h2-6H,7-11H2,1H3,(H,20,21). The number of carboxylic acids is 1. The summed E-state index contributed by atoms with van der Waals surface area (Å²) in [5.74, 6) is -0.762. The second-order valence-electron chi connectivity index (χ2n) is 5.43. The summed E-state index contributed by atoms with van der Waals surface area (Å²) in [6, 6.07) is 10.2. The molecule has 110 valence electrons. The normalized spacial score (nSPS) is 15.5. The lowest BCUT2D eigenvalue weighted by Gasteiger charge is -2.16. The van der Waals surface area contributed by atoms with E-state index >= 15 is 0 Å². The Morgan fingerprint density at radius 1 is 1.24 bits per heavy atom. The van der Waals surface area contributed by atoms with E-state index in [-0.39, 0.29) is 6.54 Å². The minimum atomic E-state index is -0.762. The molecule has 0 saturated heterocycles. The maximum absolute atomic E-state index is 10.9. The van der Waals surface area contributed by atoms with E-state index in [1.807, 2.05) is 34.8 Å². The van der Waals surface area contributed by atoms with Gasteiger partial charge in [-0.25, -0.2) is 0 Å². The average molecular weight is 285 g/mol. The SMILES string of the molecule is Cn1nc(-c2ccccc2)c2c1CCN(CC(=O)O)CC2. The number of aliphatic carboxylic acids is 1. The number of aromatic nitrogens is 2. The van der Waals surface area contributed by atoms with Gasteiger partial charge in [0.05, 0.1) is 12.2 Å². The maximum atomic E-state index is 10.9. The van der Waals surface area contributed by atoms with Gasteiger partial charge < -0.3 is 5.11 Å². The molecule has 21 heavy (non-hydrogen) atoms. The van der Waals surface area contributed by atoms with Crippen LogP contribution in [-0.4, -0.2) is 45.4 Å². The molecule has 1 aromatic carbocycles. The number of nitrogens with zero attached hydrogens (tertiary/aromatic N) is 3. The van der Waals surface area contributed by atoms with Gasteiger partial charge in [-0.15, -0.1) is 0 Å². The first-order valence-corrected chi connectivity index (χ1v) is 7.19. The Morgan fingerprint density at radius 3 is 2.67 bits per heavy atom. The molecule has 0 saturated carbocycles. The van der Waals surface area contributed by atoms with Crippen molar-refractivity contribution in [1.29, 1.82) is 0 Å². The van der Waals surface area contributed by atoms with Gasteiger partial charge in [0.2, 0.25) is 0 Å². The third-order valence-corrected chi connectivity index (χ3v) is 4.02. The van der Waals surface area contributed by atoms with Crippen LogP contribution < -0.4 is 0 Å². The second-order valence-corrected chi connectivity index (χ2v) is 5.43. The van der Waals surface area contributed by atoms with E-state index in [9.17, 15) is 4.79 Å². The smallest absolute Gasteiger partial charge is 0.317 e. The Labute approximate surface area is 123 Å². The predicted molar refractivity (Wildman–Crippen MR) is 80.1 cm³/mol. The molecule has 0 atom stereocenters. The zero-order valence-corrected chi connectivity index (χ0v) is 12.1. The molecule has 0 aliphatic carbocycles. The number of hydrogen-bond donors (Lipinski definition) is 1. The van der Waals surface area contributed by atoms with Crippen LogP contribution in [0.4, 0.5) is 0 Å². The van der Waals surface area contributed by atoms with Gasteiger partial charge in [0, 0.05) is 43.4 Å². The summed E-state index contributed by atoms with van der Waals surface area (Å²) >= 11 is 0. The van der Waals surface area contributed by atoms with Crippen LogP contribution in [0.15, 0.2) is 30.3 Å². The van der Waals surface area contributed by atoms with Crippen molar-refractivity contribution < 1.29 is 9.90 Å². The molecule has 0 radical (unpaired) electrons. The van der Waals surface area contributed by atoms with Crippen molar-refractivity contribution in [1.82, 2.24) is 14.7 Å². The third kappa shape index (κ3) is 2.83. The molecule has 0 fully saturated rings. The fourth-order valence-corrected chi connectivity index (χ4v) is 3.00. The van der Waals surface area contributed by atoms with E-state index in [0.29, 0.717) is 0 Å². The van der Waals surface area contributed by atoms with Crippen LogP contribution in [0.5, 0.6) is 0 Å². The molecule has 3 rings (SSSR count). The molecular weight excluding hydrogens is 266 g/mol. The number of rotatable bonds is 3. The molecule has 0 spiro atoms. The number of carbonyl (C=O) groups is 1. The van der Waals surface area contributed by atoms with Crippen molar-refractivity contribution in [3.05, 3.63) is 41.6 Å². The highest BCUT2D eigenvalue weighted by atomic mass is 16.4. The number of carboxylic acid groups (broad SMARTS) is 1. The average Bonchev–Trinajstić information content (AvgIpc) is 2.65. The van der Waals surface area contributed by atoms with Crippen LogP contribution in [0, 0.1) is 0 Å². The highest BCUT2D eigenvalue weighted by Crippen LogP contribution is 2.27. The zero-order valence-electron chi connectivity index (χ0n) is 12.1. The summed E-state index contributed by atoms with van der Waals surface area (Å²) in [5.41, 5.74) is 4.64. The monoisotopic (exact) mass is 285 g/mol. The molecule has 0 bridgehead atoms. The Kier molecular flexibility index (Phi) is 3.75. The minimum absolute atomic E-state index is 0.113. The number of benzene rings is 1. The molecule has 1 aliphatic heterocycles. The van der Waals surface area contributed by atoms with Gasteiger partial charge in [0.1, 0.15) is 0 Å². The van der Waals surface area contributed by atoms with Gasteiger partial charge in [-0.1, -0.05) is 30.3 Å². The molecule has 1 N–H and O–H groups in total. The van der Waals surface area contributed by atoms with Crippen molar-refractivity contribution in [2.24, 2.45) is 7.05 Å². The van der Waals surface area contributed by atoms with Crippen LogP contribution in [0.25, 0.3) is 11.3 Å². The topological polar surface area (TPSA) is 58.4 Å². The van der Waals surface area contributed by atoms with E-state index in [1.54, 1.807) is 0 Å². The lowest BCUT2D eigenvalue weighted by Crippen LogP contribution is -2.32. The molecule has 2 heterocycles. The first-order chi connectivity index (χ1) is 10.1. The molecule has 0 unspecified atom stereocenters. The zero-order chi connectivity index (χ0) is 14.8. The predicted octanol–water partition coefficient (Wildman–Crippen LogP) is 1.57. The fourth-order valence-electron chi connectivity index (χ4n) is 3.00. The second kappa shape index (κ2) is 5.69. The summed E-state index contributed by atoms with van der Waals surface area (Å²) < 4.78 is 1.95. The number of fused-ring (bicyclic) bond motifs is 1. The van der Waals surface area contributed by atoms with Crippen molar-refractivity contribution in [2.45, 2.75) is 12.8 Å². The highest BCUT2D eigenvalue weighted by molar-refractivity contribution is 5.69. The molecule has 0 amide bonds. The van der Waals surface area contributed by atoms with Gasteiger partial charge in [0.15, 0.2) is 0 Å². The van der Waals surface area contributed by atoms with Gasteiger partial charge in [-0.2, -0.15) is 5.10 Å². The molecule has 2 aromatic rings. The quantitative estimate of drug-likeness (QED) is 0.930. The van der Waals surface area contributed by atoms with Crippen LogP contribution in [0.3, 0.4) is 0 Å². The van der Waals surface area contributed by atoms with E-state index in [4.69, 9.17) is 5.11 Å². The summed E-state index contributed by atoms with van der Waals surface area (Å²) in [7, 11) is 1.97. The van der Waals surface area contributed by atoms with Crippen molar-refractivity contribution in [2.75, 3.05) is 19.6 Å². The first kappa shape index (κ1) is 13.8. The Morgan fingerprint density at radius 2 is 1.95 bits per heavy atom. The summed E-state index contributed by atoms with van der Waals surface area (Å²) in [6.45, 7) is 1.65. The van der Waals surface area contributed by atoms with Gasteiger partial charge >= 0.3 is 5.97 Å². The Balaban J connectivity index is 1.91. The van der Waals surface area contributed by atoms with E-state index < -0.39 is 5.97 Å². The van der Waals surface area contributed by atoms with Gasteiger partial charge in [-0.3, -0.25) is 14.4 Å². The summed E-state index contributed by atoms with van der Waals surface area (Å²) in [4.78, 5) is 12.9. The largest absolute Gasteiger partial charge is 0.480 e. The van der Waals surface area contributed by atoms with Crippen LogP contribution in [0.2, 0.25) is 0 Å². The first-order valence-electron chi connectivity index (χ1n) is 7.19.